The van der Waals surface area contributed by atoms with E-state index < -0.39 is 11.6 Å². The van der Waals surface area contributed by atoms with Gasteiger partial charge in [0.15, 0.2) is 0 Å². The molecule has 1 saturated heterocycles. The topological polar surface area (TPSA) is 88.8 Å². The number of hydrogen-bond donors (Lipinski definition) is 1. The van der Waals surface area contributed by atoms with E-state index in [-0.39, 0.29) is 30.2 Å². The largest absolute Gasteiger partial charge is 0.462 e. The van der Waals surface area contributed by atoms with Gasteiger partial charge in [0, 0.05) is 37.3 Å². The number of benzene rings is 2. The van der Waals surface area contributed by atoms with Crippen LogP contribution in [0.2, 0.25) is 0 Å². The van der Waals surface area contributed by atoms with Crippen LogP contribution in [-0.2, 0) is 22.5 Å². The van der Waals surface area contributed by atoms with Crippen LogP contribution >= 0.6 is 0 Å². The van der Waals surface area contributed by atoms with E-state index in [0.717, 1.165) is 11.1 Å². The zero-order valence-electron chi connectivity index (χ0n) is 20.6. The van der Waals surface area contributed by atoms with E-state index in [1.54, 1.807) is 11.8 Å². The number of aromatic nitrogens is 1. The summed E-state index contributed by atoms with van der Waals surface area (Å²) in [5.74, 6) is -0.453. The highest BCUT2D eigenvalue weighted by Gasteiger charge is 2.34. The van der Waals surface area contributed by atoms with Gasteiger partial charge in [0.2, 0.25) is 5.91 Å². The van der Waals surface area contributed by atoms with Crippen LogP contribution in [0.5, 0.6) is 0 Å². The summed E-state index contributed by atoms with van der Waals surface area (Å²) in [5, 5.41) is 11.3. The number of ether oxygens (including phenoxy) is 1. The molecule has 4 rings (SSSR count). The highest BCUT2D eigenvalue weighted by molar-refractivity contribution is 5.96. The van der Waals surface area contributed by atoms with Gasteiger partial charge >= 0.3 is 5.97 Å². The molecule has 7 heteroatoms. The SMILES string of the molecule is CCOC(=O)c1cn(CC2(O)CCN(C(=O)CCc3ccccc3)CC2)c(=O)cc1-c1ccccc1. The lowest BCUT2D eigenvalue weighted by Crippen LogP contribution is -2.49. The lowest BCUT2D eigenvalue weighted by atomic mass is 9.90. The Hall–Kier alpha value is -3.71. The van der Waals surface area contributed by atoms with Gasteiger partial charge in [-0.3, -0.25) is 9.59 Å². The van der Waals surface area contributed by atoms with Gasteiger partial charge in [-0.2, -0.15) is 0 Å². The molecule has 0 spiro atoms. The van der Waals surface area contributed by atoms with E-state index in [1.807, 2.05) is 60.7 Å². The molecule has 0 unspecified atom stereocenters. The average Bonchev–Trinajstić information content (AvgIpc) is 2.90. The van der Waals surface area contributed by atoms with E-state index in [9.17, 15) is 19.5 Å². The Labute approximate surface area is 211 Å². The minimum atomic E-state index is -1.15. The first-order valence-corrected chi connectivity index (χ1v) is 12.4. The van der Waals surface area contributed by atoms with Crippen molar-refractivity contribution in [2.24, 2.45) is 0 Å². The van der Waals surface area contributed by atoms with E-state index in [1.165, 1.54) is 16.8 Å². The fourth-order valence-corrected chi connectivity index (χ4v) is 4.63. The summed E-state index contributed by atoms with van der Waals surface area (Å²) in [6.45, 7) is 2.83. The van der Waals surface area contributed by atoms with Gasteiger partial charge in [0.25, 0.3) is 5.56 Å². The molecular formula is C29H32N2O5. The Morgan fingerprint density at radius 2 is 1.64 bits per heavy atom. The van der Waals surface area contributed by atoms with Crippen molar-refractivity contribution in [2.45, 2.75) is 44.8 Å². The Morgan fingerprint density at radius 3 is 2.28 bits per heavy atom. The summed E-state index contributed by atoms with van der Waals surface area (Å²) in [5.41, 5.74) is 1.18. The van der Waals surface area contributed by atoms with Crippen LogP contribution in [0.1, 0.15) is 42.1 Å². The van der Waals surface area contributed by atoms with Crippen LogP contribution in [0, 0.1) is 0 Å². The van der Waals surface area contributed by atoms with Gasteiger partial charge in [0.1, 0.15) is 0 Å². The van der Waals surface area contributed by atoms with Gasteiger partial charge in [-0.1, -0.05) is 60.7 Å². The van der Waals surface area contributed by atoms with Crippen LogP contribution in [0.25, 0.3) is 11.1 Å². The van der Waals surface area contributed by atoms with Crippen molar-refractivity contribution in [3.63, 3.8) is 0 Å². The summed E-state index contributed by atoms with van der Waals surface area (Å²) in [6.07, 6.45) is 3.29. The van der Waals surface area contributed by atoms with Crippen molar-refractivity contribution >= 4 is 11.9 Å². The first-order chi connectivity index (χ1) is 17.4. The standard InChI is InChI=1S/C29H32N2O5/c1-2-36-28(34)25-20-31(27(33)19-24(25)23-11-7-4-8-12-23)21-29(35)15-17-30(18-16-29)26(32)14-13-22-9-5-3-6-10-22/h3-12,19-20,35H,2,13-18,21H2,1H3. The second-order valence-electron chi connectivity index (χ2n) is 9.24. The van der Waals surface area contributed by atoms with Crippen LogP contribution in [0.4, 0.5) is 0 Å². The first kappa shape index (κ1) is 25.4. The molecule has 1 N–H and O–H groups in total. The van der Waals surface area contributed by atoms with Crippen LogP contribution in [0.3, 0.4) is 0 Å². The molecule has 2 heterocycles. The monoisotopic (exact) mass is 488 g/mol. The normalized spacial score (nSPS) is 14.9. The molecule has 36 heavy (non-hydrogen) atoms. The van der Waals surface area contributed by atoms with Gasteiger partial charge in [0.05, 0.1) is 24.3 Å². The number of piperidine rings is 1. The van der Waals surface area contributed by atoms with Crippen molar-refractivity contribution in [2.75, 3.05) is 19.7 Å². The van der Waals surface area contributed by atoms with Crippen molar-refractivity contribution in [3.05, 3.63) is 94.4 Å². The predicted octanol–water partition coefficient (Wildman–Crippen LogP) is 3.68. The molecular weight excluding hydrogens is 456 g/mol. The maximum Gasteiger partial charge on any atom is 0.340 e. The zero-order valence-corrected chi connectivity index (χ0v) is 20.6. The summed E-state index contributed by atoms with van der Waals surface area (Å²) in [6, 6.07) is 20.5. The second kappa shape index (κ2) is 11.4. The third-order valence-corrected chi connectivity index (χ3v) is 6.69. The number of aliphatic hydroxyl groups is 1. The lowest BCUT2D eigenvalue weighted by Gasteiger charge is -2.38. The second-order valence-corrected chi connectivity index (χ2v) is 9.24. The number of carbonyl (C=O) groups excluding carboxylic acids is 2. The fraction of sp³-hybridized carbons (Fsp3) is 0.345. The first-order valence-electron chi connectivity index (χ1n) is 12.4. The van der Waals surface area contributed by atoms with Crippen molar-refractivity contribution in [3.8, 4) is 11.1 Å². The highest BCUT2D eigenvalue weighted by atomic mass is 16.5. The van der Waals surface area contributed by atoms with E-state index in [0.29, 0.717) is 44.3 Å². The molecule has 1 aliphatic heterocycles. The molecule has 188 valence electrons. The molecule has 3 aromatic rings. The van der Waals surface area contributed by atoms with Crippen LogP contribution < -0.4 is 5.56 Å². The van der Waals surface area contributed by atoms with Gasteiger partial charge in [-0.25, -0.2) is 4.79 Å². The van der Waals surface area contributed by atoms with E-state index in [2.05, 4.69) is 0 Å². The Morgan fingerprint density at radius 1 is 1.00 bits per heavy atom. The number of rotatable bonds is 8. The van der Waals surface area contributed by atoms with Crippen molar-refractivity contribution in [1.82, 2.24) is 9.47 Å². The van der Waals surface area contributed by atoms with Crippen molar-refractivity contribution < 1.29 is 19.4 Å². The maximum absolute atomic E-state index is 13.0. The zero-order chi connectivity index (χ0) is 25.5. The molecule has 2 aromatic carbocycles. The highest BCUT2D eigenvalue weighted by Crippen LogP contribution is 2.27. The average molecular weight is 489 g/mol. The van der Waals surface area contributed by atoms with Gasteiger partial charge < -0.3 is 19.3 Å². The minimum absolute atomic E-state index is 0.0410. The number of hydrogen-bond acceptors (Lipinski definition) is 5. The number of nitrogens with zero attached hydrogens (tertiary/aromatic N) is 2. The molecule has 1 aliphatic rings. The molecule has 7 nitrogen and oxygen atoms in total. The molecule has 0 radical (unpaired) electrons. The number of carbonyl (C=O) groups is 2. The predicted molar refractivity (Wildman–Crippen MR) is 138 cm³/mol. The van der Waals surface area contributed by atoms with Gasteiger partial charge in [-0.05, 0) is 37.3 Å². The maximum atomic E-state index is 13.0. The Balaban J connectivity index is 1.46. The molecule has 0 bridgehead atoms. The van der Waals surface area contributed by atoms with Crippen LogP contribution in [0.15, 0.2) is 77.7 Å². The van der Waals surface area contributed by atoms with Crippen LogP contribution in [-0.4, -0.2) is 51.7 Å². The fourth-order valence-electron chi connectivity index (χ4n) is 4.63. The number of esters is 1. The number of likely N-dealkylation sites (tertiary alicyclic amines) is 1. The van der Waals surface area contributed by atoms with E-state index >= 15 is 0 Å². The third-order valence-electron chi connectivity index (χ3n) is 6.69. The summed E-state index contributed by atoms with van der Waals surface area (Å²) >= 11 is 0. The van der Waals surface area contributed by atoms with Gasteiger partial charge in [-0.15, -0.1) is 0 Å². The molecule has 0 aliphatic carbocycles. The minimum Gasteiger partial charge on any atom is -0.462 e. The number of aryl methyl sites for hydroxylation is 1. The van der Waals surface area contributed by atoms with Crippen molar-refractivity contribution in [1.29, 1.82) is 0 Å². The Bertz CT molecular complexity index is 1250. The molecule has 1 amide bonds. The summed E-state index contributed by atoms with van der Waals surface area (Å²) in [7, 11) is 0. The quantitative estimate of drug-likeness (QED) is 0.489. The third kappa shape index (κ3) is 6.10. The summed E-state index contributed by atoms with van der Waals surface area (Å²) in [4.78, 5) is 40.2. The smallest absolute Gasteiger partial charge is 0.340 e. The molecule has 1 fully saturated rings. The summed E-state index contributed by atoms with van der Waals surface area (Å²) < 4.78 is 6.61. The Kier molecular flexibility index (Phi) is 8.00. The molecule has 1 aromatic heterocycles. The number of pyridine rings is 1. The number of amides is 1. The molecule has 0 saturated carbocycles. The van der Waals surface area contributed by atoms with E-state index in [4.69, 9.17) is 4.74 Å². The molecule has 0 atom stereocenters. The lowest BCUT2D eigenvalue weighted by molar-refractivity contribution is -0.135.